The van der Waals surface area contributed by atoms with Crippen LogP contribution in [-0.2, 0) is 9.84 Å². The molecule has 1 aromatic carbocycles. The molecular formula is C11H14ClNO2S. The fraction of sp³-hybridized carbons (Fsp3) is 0.455. The van der Waals surface area contributed by atoms with Gasteiger partial charge in [-0.05, 0) is 24.5 Å². The maximum Gasteiger partial charge on any atom is 0.150 e. The Morgan fingerprint density at radius 1 is 1.38 bits per heavy atom. The maximum absolute atomic E-state index is 11.3. The minimum atomic E-state index is -2.78. The van der Waals surface area contributed by atoms with Crippen molar-refractivity contribution in [1.29, 1.82) is 0 Å². The highest BCUT2D eigenvalue weighted by Gasteiger charge is 2.27. The van der Waals surface area contributed by atoms with Crippen LogP contribution in [0.5, 0.6) is 0 Å². The molecule has 3 nitrogen and oxygen atoms in total. The Bertz CT molecular complexity index is 473. The minimum absolute atomic E-state index is 0.210. The lowest BCUT2D eigenvalue weighted by Crippen LogP contribution is -2.15. The molecule has 0 radical (unpaired) electrons. The Hall–Kier alpha value is -0.740. The Balaban J connectivity index is 1.92. The first-order chi connectivity index (χ1) is 7.57. The van der Waals surface area contributed by atoms with Crippen LogP contribution in [0.3, 0.4) is 0 Å². The maximum atomic E-state index is 11.3. The molecule has 1 aliphatic rings. The molecule has 0 aromatic heterocycles. The number of benzene rings is 1. The fourth-order valence-corrected chi connectivity index (χ4v) is 3.96. The summed E-state index contributed by atoms with van der Waals surface area (Å²) in [7, 11) is -2.78. The van der Waals surface area contributed by atoms with Gasteiger partial charge in [-0.3, -0.25) is 0 Å². The number of halogens is 1. The third kappa shape index (κ3) is 2.89. The highest BCUT2D eigenvalue weighted by Crippen LogP contribution is 2.23. The van der Waals surface area contributed by atoms with Gasteiger partial charge in [0.05, 0.1) is 22.2 Å². The predicted octanol–water partition coefficient (Wildman–Crippen LogP) is 2.19. The van der Waals surface area contributed by atoms with Crippen molar-refractivity contribution in [2.24, 2.45) is 5.92 Å². The lowest BCUT2D eigenvalue weighted by molar-refractivity contribution is 0.596. The van der Waals surface area contributed by atoms with Gasteiger partial charge in [-0.1, -0.05) is 23.7 Å². The van der Waals surface area contributed by atoms with Gasteiger partial charge in [0.25, 0.3) is 0 Å². The van der Waals surface area contributed by atoms with Crippen molar-refractivity contribution in [3.63, 3.8) is 0 Å². The molecule has 0 amide bonds. The lowest BCUT2D eigenvalue weighted by Gasteiger charge is -2.11. The summed E-state index contributed by atoms with van der Waals surface area (Å²) < 4.78 is 22.5. The Morgan fingerprint density at radius 2 is 2.12 bits per heavy atom. The summed E-state index contributed by atoms with van der Waals surface area (Å²) in [5.74, 6) is 0.827. The molecule has 1 N–H and O–H groups in total. The SMILES string of the molecule is O=S1(=O)CC[C@@H](CNc2ccccc2Cl)C1. The van der Waals surface area contributed by atoms with Crippen LogP contribution in [-0.4, -0.2) is 26.5 Å². The van der Waals surface area contributed by atoms with Crippen molar-refractivity contribution in [1.82, 2.24) is 0 Å². The second-order valence-electron chi connectivity index (χ2n) is 4.13. The van der Waals surface area contributed by atoms with Gasteiger partial charge in [0.2, 0.25) is 0 Å². The topological polar surface area (TPSA) is 46.2 Å². The molecule has 1 saturated heterocycles. The van der Waals surface area contributed by atoms with E-state index < -0.39 is 9.84 Å². The van der Waals surface area contributed by atoms with Crippen LogP contribution in [0.2, 0.25) is 5.02 Å². The summed E-state index contributed by atoms with van der Waals surface area (Å²) in [6, 6.07) is 7.48. The molecule has 0 aliphatic carbocycles. The summed E-state index contributed by atoms with van der Waals surface area (Å²) in [5, 5.41) is 3.87. The molecule has 2 rings (SSSR count). The zero-order valence-corrected chi connectivity index (χ0v) is 10.4. The van der Waals surface area contributed by atoms with Gasteiger partial charge in [-0.2, -0.15) is 0 Å². The van der Waals surface area contributed by atoms with Crippen molar-refractivity contribution in [3.05, 3.63) is 29.3 Å². The number of hydrogen-bond acceptors (Lipinski definition) is 3. The molecule has 1 aromatic rings. The number of hydrogen-bond donors (Lipinski definition) is 1. The van der Waals surface area contributed by atoms with Crippen molar-refractivity contribution in [2.45, 2.75) is 6.42 Å². The third-order valence-electron chi connectivity index (χ3n) is 2.78. The lowest BCUT2D eigenvalue weighted by atomic mass is 10.1. The van der Waals surface area contributed by atoms with Crippen molar-refractivity contribution >= 4 is 27.1 Å². The van der Waals surface area contributed by atoms with E-state index >= 15 is 0 Å². The summed E-state index contributed by atoms with van der Waals surface area (Å²) in [6.07, 6.45) is 0.750. The van der Waals surface area contributed by atoms with Gasteiger partial charge in [-0.15, -0.1) is 0 Å². The molecule has 1 atom stereocenters. The molecule has 16 heavy (non-hydrogen) atoms. The largest absolute Gasteiger partial charge is 0.384 e. The Kier molecular flexibility index (Phi) is 3.40. The molecule has 0 unspecified atom stereocenters. The highest BCUT2D eigenvalue weighted by molar-refractivity contribution is 7.91. The molecule has 1 aliphatic heterocycles. The zero-order chi connectivity index (χ0) is 11.6. The van der Waals surface area contributed by atoms with E-state index in [4.69, 9.17) is 11.6 Å². The summed E-state index contributed by atoms with van der Waals surface area (Å²) in [4.78, 5) is 0. The van der Waals surface area contributed by atoms with Crippen LogP contribution >= 0.6 is 11.6 Å². The van der Waals surface area contributed by atoms with Crippen LogP contribution in [0.15, 0.2) is 24.3 Å². The van der Waals surface area contributed by atoms with Gasteiger partial charge in [-0.25, -0.2) is 8.42 Å². The molecule has 0 saturated carbocycles. The average molecular weight is 260 g/mol. The van der Waals surface area contributed by atoms with Gasteiger partial charge >= 0.3 is 0 Å². The number of rotatable bonds is 3. The van der Waals surface area contributed by atoms with E-state index in [1.807, 2.05) is 24.3 Å². The van der Waals surface area contributed by atoms with Gasteiger partial charge in [0.1, 0.15) is 0 Å². The first-order valence-electron chi connectivity index (χ1n) is 5.26. The van der Waals surface area contributed by atoms with E-state index in [0.29, 0.717) is 23.1 Å². The minimum Gasteiger partial charge on any atom is -0.384 e. The van der Waals surface area contributed by atoms with Crippen molar-refractivity contribution in [2.75, 3.05) is 23.4 Å². The van der Waals surface area contributed by atoms with E-state index in [-0.39, 0.29) is 5.92 Å². The van der Waals surface area contributed by atoms with Crippen molar-refractivity contribution < 1.29 is 8.42 Å². The van der Waals surface area contributed by atoms with Crippen LogP contribution in [0, 0.1) is 5.92 Å². The molecule has 0 spiro atoms. The monoisotopic (exact) mass is 259 g/mol. The predicted molar refractivity (Wildman–Crippen MR) is 66.7 cm³/mol. The average Bonchev–Trinajstić information content (AvgIpc) is 2.57. The first-order valence-corrected chi connectivity index (χ1v) is 7.45. The molecule has 5 heteroatoms. The van der Waals surface area contributed by atoms with E-state index in [9.17, 15) is 8.42 Å². The van der Waals surface area contributed by atoms with Gasteiger partial charge in [0, 0.05) is 6.54 Å². The summed E-state index contributed by atoms with van der Waals surface area (Å²) in [5.41, 5.74) is 0.869. The third-order valence-corrected chi connectivity index (χ3v) is 4.95. The number of nitrogens with one attached hydrogen (secondary N) is 1. The van der Waals surface area contributed by atoms with E-state index in [1.54, 1.807) is 0 Å². The zero-order valence-electron chi connectivity index (χ0n) is 8.82. The number of anilines is 1. The molecule has 1 fully saturated rings. The van der Waals surface area contributed by atoms with E-state index in [0.717, 1.165) is 12.1 Å². The van der Waals surface area contributed by atoms with Crippen LogP contribution < -0.4 is 5.32 Å². The van der Waals surface area contributed by atoms with Crippen LogP contribution in [0.4, 0.5) is 5.69 Å². The first kappa shape index (κ1) is 11.7. The quantitative estimate of drug-likeness (QED) is 0.905. The number of para-hydroxylation sites is 1. The number of sulfone groups is 1. The molecular weight excluding hydrogens is 246 g/mol. The second kappa shape index (κ2) is 4.63. The molecule has 0 bridgehead atoms. The van der Waals surface area contributed by atoms with Crippen LogP contribution in [0.25, 0.3) is 0 Å². The summed E-state index contributed by atoms with van der Waals surface area (Å²) >= 11 is 5.98. The second-order valence-corrected chi connectivity index (χ2v) is 6.77. The molecule has 1 heterocycles. The Labute approximate surface area is 101 Å². The highest BCUT2D eigenvalue weighted by atomic mass is 35.5. The Morgan fingerprint density at radius 3 is 2.75 bits per heavy atom. The van der Waals surface area contributed by atoms with Gasteiger partial charge < -0.3 is 5.32 Å². The molecule has 88 valence electrons. The van der Waals surface area contributed by atoms with Gasteiger partial charge in [0.15, 0.2) is 9.84 Å². The fourth-order valence-electron chi connectivity index (χ4n) is 1.89. The van der Waals surface area contributed by atoms with Crippen LogP contribution in [0.1, 0.15) is 6.42 Å². The summed E-state index contributed by atoms with van der Waals surface area (Å²) in [6.45, 7) is 0.670. The van der Waals surface area contributed by atoms with E-state index in [1.165, 1.54) is 0 Å². The van der Waals surface area contributed by atoms with Crippen molar-refractivity contribution in [3.8, 4) is 0 Å². The normalized spacial score (nSPS) is 23.2. The van der Waals surface area contributed by atoms with E-state index in [2.05, 4.69) is 5.32 Å². The smallest absolute Gasteiger partial charge is 0.150 e. The standard InChI is InChI=1S/C11H14ClNO2S/c12-10-3-1-2-4-11(10)13-7-9-5-6-16(14,15)8-9/h1-4,9,13H,5-8H2/t9-/m0/s1.